The molecule has 0 saturated heterocycles. The molecule has 7 nitrogen and oxygen atoms in total. The first kappa shape index (κ1) is 20.2. The highest BCUT2D eigenvalue weighted by atomic mass is 16.5. The molecule has 4 rings (SSSR count). The Hall–Kier alpha value is -4.13. The summed E-state index contributed by atoms with van der Waals surface area (Å²) in [5, 5.41) is 0. The van der Waals surface area contributed by atoms with E-state index in [9.17, 15) is 9.59 Å². The van der Waals surface area contributed by atoms with Crippen molar-refractivity contribution < 1.29 is 14.3 Å². The Bertz CT molecular complexity index is 1160. The highest BCUT2D eigenvalue weighted by Gasteiger charge is 2.36. The van der Waals surface area contributed by atoms with Crippen LogP contribution in [0.25, 0.3) is 0 Å². The normalized spacial score (nSPS) is 15.5. The number of methoxy groups -OCH3 is 1. The average molecular weight is 414 g/mol. The van der Waals surface area contributed by atoms with Gasteiger partial charge in [0, 0.05) is 24.2 Å². The first-order valence-corrected chi connectivity index (χ1v) is 9.74. The molecule has 156 valence electrons. The third-order valence-corrected chi connectivity index (χ3v) is 5.18. The Morgan fingerprint density at radius 3 is 2.45 bits per heavy atom. The molecule has 31 heavy (non-hydrogen) atoms. The van der Waals surface area contributed by atoms with E-state index in [1.54, 1.807) is 31.3 Å². The number of primary amides is 1. The number of nitrogens with two attached hydrogens (primary N) is 1. The summed E-state index contributed by atoms with van der Waals surface area (Å²) in [6.45, 7) is 0. The van der Waals surface area contributed by atoms with Crippen molar-refractivity contribution in [1.82, 2.24) is 0 Å². The van der Waals surface area contributed by atoms with Crippen LogP contribution < -0.4 is 20.3 Å². The van der Waals surface area contributed by atoms with E-state index in [-0.39, 0.29) is 5.91 Å². The number of aliphatic imine (C=N–C) groups is 1. The molecular formula is C24H22N4O3. The molecule has 7 heteroatoms. The molecule has 1 aliphatic heterocycles. The van der Waals surface area contributed by atoms with Crippen LogP contribution in [0.3, 0.4) is 0 Å². The fourth-order valence-corrected chi connectivity index (χ4v) is 3.65. The number of likely N-dealkylation sites (N-methyl/N-ethyl adjacent to an activating group) is 1. The lowest BCUT2D eigenvalue weighted by atomic mass is 10.0. The first-order chi connectivity index (χ1) is 15.0. The molecule has 2 N–H and O–H groups in total. The molecule has 1 unspecified atom stereocenters. The topological polar surface area (TPSA) is 88.2 Å². The van der Waals surface area contributed by atoms with Crippen molar-refractivity contribution in [2.45, 2.75) is 6.17 Å². The van der Waals surface area contributed by atoms with Crippen LogP contribution in [0.1, 0.15) is 11.1 Å². The maximum atomic E-state index is 13.5. The molecule has 0 bridgehead atoms. The van der Waals surface area contributed by atoms with Gasteiger partial charge in [-0.1, -0.05) is 54.6 Å². The highest BCUT2D eigenvalue weighted by molar-refractivity contribution is 6.21. The summed E-state index contributed by atoms with van der Waals surface area (Å²) in [4.78, 5) is 33.5. The minimum absolute atomic E-state index is 0.375. The lowest BCUT2D eigenvalue weighted by Crippen LogP contribution is -2.51. The van der Waals surface area contributed by atoms with Crippen molar-refractivity contribution in [1.29, 1.82) is 0 Å². The predicted molar refractivity (Wildman–Crippen MR) is 121 cm³/mol. The smallest absolute Gasteiger partial charge is 0.321 e. The summed E-state index contributed by atoms with van der Waals surface area (Å²) < 4.78 is 5.28. The number of nitrogens with zero attached hydrogens (tertiary/aromatic N) is 3. The minimum atomic E-state index is -1.18. The maximum absolute atomic E-state index is 13.5. The van der Waals surface area contributed by atoms with Crippen LogP contribution >= 0.6 is 0 Å². The summed E-state index contributed by atoms with van der Waals surface area (Å²) in [6, 6.07) is 23.1. The van der Waals surface area contributed by atoms with Gasteiger partial charge in [-0.3, -0.25) is 9.69 Å². The SMILES string of the molecule is COc1cccc(N(C(N)=O)C2N=C(c3ccccc3)c3ccccc3N(C)C2=O)c1. The van der Waals surface area contributed by atoms with Gasteiger partial charge in [0.2, 0.25) is 6.17 Å². The number of fused-ring (bicyclic) bond motifs is 1. The van der Waals surface area contributed by atoms with Crippen molar-refractivity contribution in [3.05, 3.63) is 90.0 Å². The Morgan fingerprint density at radius 2 is 1.74 bits per heavy atom. The van der Waals surface area contributed by atoms with Gasteiger partial charge in [0.25, 0.3) is 5.91 Å². The quantitative estimate of drug-likeness (QED) is 0.710. The van der Waals surface area contributed by atoms with E-state index in [0.29, 0.717) is 22.8 Å². The van der Waals surface area contributed by atoms with Crippen LogP contribution in [0.4, 0.5) is 16.2 Å². The number of carbonyl (C=O) groups is 2. The summed E-state index contributed by atoms with van der Waals surface area (Å²) in [5.41, 5.74) is 9.09. The van der Waals surface area contributed by atoms with Crippen molar-refractivity contribution in [3.63, 3.8) is 0 Å². The summed E-state index contributed by atoms with van der Waals surface area (Å²) >= 11 is 0. The van der Waals surface area contributed by atoms with Gasteiger partial charge in [0.05, 0.1) is 24.2 Å². The number of benzodiazepines with no additional fused rings is 1. The molecule has 3 aromatic carbocycles. The summed E-state index contributed by atoms with van der Waals surface area (Å²) in [5.74, 6) is 0.161. The number of urea groups is 1. The molecule has 3 aromatic rings. The van der Waals surface area contributed by atoms with Crippen molar-refractivity contribution in [2.75, 3.05) is 24.0 Å². The van der Waals surface area contributed by atoms with Crippen LogP contribution in [-0.2, 0) is 4.79 Å². The fraction of sp³-hybridized carbons (Fsp3) is 0.125. The third kappa shape index (κ3) is 3.73. The molecule has 1 aliphatic rings. The lowest BCUT2D eigenvalue weighted by molar-refractivity contribution is -0.119. The molecule has 3 amide bonds. The molecular weight excluding hydrogens is 392 g/mol. The van der Waals surface area contributed by atoms with E-state index >= 15 is 0 Å². The minimum Gasteiger partial charge on any atom is -0.497 e. The molecule has 0 radical (unpaired) electrons. The summed E-state index contributed by atoms with van der Waals surface area (Å²) in [7, 11) is 3.20. The van der Waals surface area contributed by atoms with Gasteiger partial charge >= 0.3 is 6.03 Å². The number of carbonyl (C=O) groups excluding carboxylic acids is 2. The van der Waals surface area contributed by atoms with E-state index in [1.807, 2.05) is 54.6 Å². The van der Waals surface area contributed by atoms with Gasteiger partial charge in [-0.2, -0.15) is 0 Å². The number of ether oxygens (including phenoxy) is 1. The van der Waals surface area contributed by atoms with Crippen LogP contribution in [-0.4, -0.2) is 38.0 Å². The second kappa shape index (κ2) is 8.31. The van der Waals surface area contributed by atoms with Gasteiger partial charge in [-0.15, -0.1) is 0 Å². The molecule has 0 aliphatic carbocycles. The number of para-hydroxylation sites is 1. The van der Waals surface area contributed by atoms with Gasteiger partial charge in [0.1, 0.15) is 5.75 Å². The van der Waals surface area contributed by atoms with E-state index < -0.39 is 12.2 Å². The van der Waals surface area contributed by atoms with Gasteiger partial charge in [0.15, 0.2) is 0 Å². The second-order valence-corrected chi connectivity index (χ2v) is 7.04. The number of rotatable bonds is 4. The monoisotopic (exact) mass is 414 g/mol. The number of anilines is 2. The van der Waals surface area contributed by atoms with E-state index in [0.717, 1.165) is 11.1 Å². The molecule has 0 aromatic heterocycles. The van der Waals surface area contributed by atoms with Gasteiger partial charge in [-0.05, 0) is 18.2 Å². The Balaban J connectivity index is 1.93. The maximum Gasteiger partial charge on any atom is 0.321 e. The van der Waals surface area contributed by atoms with Crippen LogP contribution in [0.5, 0.6) is 5.75 Å². The van der Waals surface area contributed by atoms with E-state index in [2.05, 4.69) is 0 Å². The summed E-state index contributed by atoms with van der Waals surface area (Å²) in [6.07, 6.45) is -1.18. The van der Waals surface area contributed by atoms with E-state index in [1.165, 1.54) is 16.9 Å². The van der Waals surface area contributed by atoms with Gasteiger partial charge in [-0.25, -0.2) is 9.79 Å². The standard InChI is InChI=1S/C24H22N4O3/c1-27-20-14-7-6-13-19(20)21(16-9-4-3-5-10-16)26-22(23(27)29)28(24(25)30)17-11-8-12-18(15-17)31-2/h3-15,22H,1-2H3,(H2,25,30). The number of hydrogen-bond donors (Lipinski definition) is 1. The molecule has 0 saturated carbocycles. The number of benzene rings is 3. The average Bonchev–Trinajstić information content (AvgIpc) is 2.90. The lowest BCUT2D eigenvalue weighted by Gasteiger charge is -2.29. The van der Waals surface area contributed by atoms with Gasteiger partial charge < -0.3 is 15.4 Å². The number of amides is 3. The Kier molecular flexibility index (Phi) is 5.41. The third-order valence-electron chi connectivity index (χ3n) is 5.18. The largest absolute Gasteiger partial charge is 0.497 e. The zero-order valence-corrected chi connectivity index (χ0v) is 17.2. The van der Waals surface area contributed by atoms with Crippen molar-refractivity contribution in [3.8, 4) is 5.75 Å². The Labute approximate surface area is 180 Å². The number of hydrogen-bond acceptors (Lipinski definition) is 4. The first-order valence-electron chi connectivity index (χ1n) is 9.74. The Morgan fingerprint density at radius 1 is 1.03 bits per heavy atom. The van der Waals surface area contributed by atoms with Crippen molar-refractivity contribution >= 4 is 29.0 Å². The van der Waals surface area contributed by atoms with Crippen LogP contribution in [0.15, 0.2) is 83.9 Å². The zero-order valence-electron chi connectivity index (χ0n) is 17.2. The fourth-order valence-electron chi connectivity index (χ4n) is 3.65. The molecule has 1 heterocycles. The van der Waals surface area contributed by atoms with Crippen LogP contribution in [0.2, 0.25) is 0 Å². The highest BCUT2D eigenvalue weighted by Crippen LogP contribution is 2.31. The molecule has 0 spiro atoms. The molecule has 0 fully saturated rings. The van der Waals surface area contributed by atoms with Crippen LogP contribution in [0, 0.1) is 0 Å². The van der Waals surface area contributed by atoms with Crippen molar-refractivity contribution in [2.24, 2.45) is 10.7 Å². The van der Waals surface area contributed by atoms with E-state index in [4.69, 9.17) is 15.5 Å². The second-order valence-electron chi connectivity index (χ2n) is 7.04. The predicted octanol–water partition coefficient (Wildman–Crippen LogP) is 3.42. The molecule has 1 atom stereocenters. The zero-order chi connectivity index (χ0) is 22.0.